The van der Waals surface area contributed by atoms with Crippen molar-refractivity contribution < 1.29 is 23.8 Å². The predicted octanol–water partition coefficient (Wildman–Crippen LogP) is 3.83. The number of rotatable bonds is 6. The van der Waals surface area contributed by atoms with Crippen LogP contribution in [0.4, 0.5) is 0 Å². The van der Waals surface area contributed by atoms with Gasteiger partial charge in [0.15, 0.2) is 5.75 Å². The molecule has 0 aromatic heterocycles. The van der Waals surface area contributed by atoms with Crippen LogP contribution in [0.25, 0.3) is 0 Å². The molecule has 5 heteroatoms. The van der Waals surface area contributed by atoms with Gasteiger partial charge >= 0.3 is 11.9 Å². The zero-order valence-corrected chi connectivity index (χ0v) is 13.1. The topological polar surface area (TPSA) is 61.8 Å². The van der Waals surface area contributed by atoms with E-state index in [0.717, 1.165) is 0 Å². The molecule has 0 amide bonds. The summed E-state index contributed by atoms with van der Waals surface area (Å²) in [5.41, 5.74) is 0.363. The van der Waals surface area contributed by atoms with Gasteiger partial charge in [-0.15, -0.1) is 0 Å². The Morgan fingerprint density at radius 3 is 1.78 bits per heavy atom. The lowest BCUT2D eigenvalue weighted by Gasteiger charge is -2.14. The smallest absolute Gasteiger partial charge is 0.341 e. The molecule has 0 N–H and O–H groups in total. The van der Waals surface area contributed by atoms with Crippen LogP contribution in [-0.2, 0) is 9.47 Å². The normalized spacial score (nSPS) is 10.0. The lowest BCUT2D eigenvalue weighted by molar-refractivity contribution is 0.0519. The predicted molar refractivity (Wildman–Crippen MR) is 84.9 cm³/mol. The lowest BCUT2D eigenvalue weighted by atomic mass is 10.1. The Kier molecular flexibility index (Phi) is 5.74. The molecule has 0 fully saturated rings. The quantitative estimate of drug-likeness (QED) is 0.758. The number of para-hydroxylation sites is 2. The van der Waals surface area contributed by atoms with Crippen molar-refractivity contribution in [1.29, 1.82) is 0 Å². The molecule has 0 aliphatic rings. The number of benzene rings is 2. The second-order valence-electron chi connectivity index (χ2n) is 4.54. The minimum absolute atomic E-state index is 0.135. The van der Waals surface area contributed by atoms with Gasteiger partial charge in [0, 0.05) is 0 Å². The van der Waals surface area contributed by atoms with Gasteiger partial charge in [0.05, 0.1) is 13.2 Å². The van der Waals surface area contributed by atoms with Gasteiger partial charge in [-0.1, -0.05) is 24.3 Å². The number of hydrogen-bond donors (Lipinski definition) is 0. The van der Waals surface area contributed by atoms with Gasteiger partial charge in [0.1, 0.15) is 16.9 Å². The van der Waals surface area contributed by atoms with Crippen LogP contribution in [-0.4, -0.2) is 25.2 Å². The SMILES string of the molecule is CCOC(=O)c1cccc(C(=O)OCC)c1Oc1ccccc1. The molecule has 5 nitrogen and oxygen atoms in total. The molecule has 2 aromatic carbocycles. The second kappa shape index (κ2) is 7.98. The average molecular weight is 314 g/mol. The Labute approximate surface area is 134 Å². The number of esters is 2. The fraction of sp³-hybridized carbons (Fsp3) is 0.222. The number of ether oxygens (including phenoxy) is 3. The highest BCUT2D eigenvalue weighted by atomic mass is 16.5. The maximum absolute atomic E-state index is 12.1. The fourth-order valence-corrected chi connectivity index (χ4v) is 1.99. The highest BCUT2D eigenvalue weighted by Crippen LogP contribution is 2.30. The Morgan fingerprint density at radius 2 is 1.30 bits per heavy atom. The van der Waals surface area contributed by atoms with Crippen molar-refractivity contribution in [2.24, 2.45) is 0 Å². The minimum Gasteiger partial charge on any atom is -0.462 e. The molecule has 0 spiro atoms. The molecule has 120 valence electrons. The van der Waals surface area contributed by atoms with E-state index in [2.05, 4.69) is 0 Å². The molecule has 0 bridgehead atoms. The zero-order chi connectivity index (χ0) is 16.7. The Morgan fingerprint density at radius 1 is 0.783 bits per heavy atom. The second-order valence-corrected chi connectivity index (χ2v) is 4.54. The molecule has 2 rings (SSSR count). The Hall–Kier alpha value is -2.82. The summed E-state index contributed by atoms with van der Waals surface area (Å²) in [5, 5.41) is 0. The van der Waals surface area contributed by atoms with Crippen LogP contribution < -0.4 is 4.74 Å². The van der Waals surface area contributed by atoms with Gasteiger partial charge in [0.2, 0.25) is 0 Å². The molecule has 0 radical (unpaired) electrons. The van der Waals surface area contributed by atoms with E-state index in [1.165, 1.54) is 0 Å². The van der Waals surface area contributed by atoms with E-state index in [9.17, 15) is 9.59 Å². The molecule has 0 saturated heterocycles. The van der Waals surface area contributed by atoms with Gasteiger partial charge in [0.25, 0.3) is 0 Å². The molecule has 0 saturated carbocycles. The van der Waals surface area contributed by atoms with Gasteiger partial charge in [-0.2, -0.15) is 0 Å². The van der Waals surface area contributed by atoms with Crippen molar-refractivity contribution in [1.82, 2.24) is 0 Å². The Balaban J connectivity index is 2.48. The molecular weight excluding hydrogens is 296 g/mol. The van der Waals surface area contributed by atoms with Crippen molar-refractivity contribution in [3.05, 3.63) is 59.7 Å². The van der Waals surface area contributed by atoms with Crippen molar-refractivity contribution in [3.63, 3.8) is 0 Å². The number of hydrogen-bond acceptors (Lipinski definition) is 5. The third-order valence-electron chi connectivity index (χ3n) is 2.97. The molecule has 0 aliphatic carbocycles. The summed E-state index contributed by atoms with van der Waals surface area (Å²) in [5.74, 6) is -0.459. The lowest BCUT2D eigenvalue weighted by Crippen LogP contribution is -2.12. The van der Waals surface area contributed by atoms with Gasteiger partial charge in [-0.25, -0.2) is 9.59 Å². The van der Waals surface area contributed by atoms with E-state index < -0.39 is 11.9 Å². The summed E-state index contributed by atoms with van der Waals surface area (Å²) in [4.78, 5) is 24.3. The van der Waals surface area contributed by atoms with E-state index in [4.69, 9.17) is 14.2 Å². The fourth-order valence-electron chi connectivity index (χ4n) is 1.99. The van der Waals surface area contributed by atoms with Crippen LogP contribution >= 0.6 is 0 Å². The van der Waals surface area contributed by atoms with Crippen LogP contribution in [0.3, 0.4) is 0 Å². The summed E-state index contributed by atoms with van der Waals surface area (Å²) in [6.07, 6.45) is 0. The minimum atomic E-state index is -0.551. The van der Waals surface area contributed by atoms with Crippen molar-refractivity contribution in [2.75, 3.05) is 13.2 Å². The third kappa shape index (κ3) is 4.10. The highest BCUT2D eigenvalue weighted by molar-refractivity contribution is 6.00. The van der Waals surface area contributed by atoms with E-state index in [-0.39, 0.29) is 30.1 Å². The summed E-state index contributed by atoms with van der Waals surface area (Å²) in [6, 6.07) is 13.6. The van der Waals surface area contributed by atoms with Crippen LogP contribution in [0.2, 0.25) is 0 Å². The van der Waals surface area contributed by atoms with Gasteiger partial charge < -0.3 is 14.2 Å². The molecule has 0 aliphatic heterocycles. The molecule has 23 heavy (non-hydrogen) atoms. The van der Waals surface area contributed by atoms with Crippen molar-refractivity contribution >= 4 is 11.9 Å². The average Bonchev–Trinajstić information content (AvgIpc) is 2.56. The first-order chi connectivity index (χ1) is 11.2. The van der Waals surface area contributed by atoms with Gasteiger partial charge in [-0.3, -0.25) is 0 Å². The van der Waals surface area contributed by atoms with Crippen LogP contribution in [0, 0.1) is 0 Å². The van der Waals surface area contributed by atoms with Crippen LogP contribution in [0.5, 0.6) is 11.5 Å². The molecule has 0 heterocycles. The van der Waals surface area contributed by atoms with E-state index >= 15 is 0 Å². The standard InChI is InChI=1S/C18H18O5/c1-3-21-17(19)14-11-8-12-15(18(20)22-4-2)16(14)23-13-9-6-5-7-10-13/h5-12H,3-4H2,1-2H3. The van der Waals surface area contributed by atoms with E-state index in [0.29, 0.717) is 5.75 Å². The first-order valence-electron chi connectivity index (χ1n) is 7.37. The van der Waals surface area contributed by atoms with Gasteiger partial charge in [-0.05, 0) is 38.1 Å². The third-order valence-corrected chi connectivity index (χ3v) is 2.97. The first-order valence-corrected chi connectivity index (χ1v) is 7.37. The van der Waals surface area contributed by atoms with Crippen molar-refractivity contribution in [3.8, 4) is 11.5 Å². The molecular formula is C18H18O5. The number of carbonyl (C=O) groups is 2. The molecule has 2 aromatic rings. The number of carbonyl (C=O) groups excluding carboxylic acids is 2. The Bertz CT molecular complexity index is 643. The largest absolute Gasteiger partial charge is 0.462 e. The molecule has 0 unspecified atom stereocenters. The summed E-state index contributed by atoms with van der Waals surface area (Å²) >= 11 is 0. The first kappa shape index (κ1) is 16.5. The maximum Gasteiger partial charge on any atom is 0.341 e. The summed E-state index contributed by atoms with van der Waals surface area (Å²) in [7, 11) is 0. The van der Waals surface area contributed by atoms with E-state index in [1.54, 1.807) is 56.3 Å². The van der Waals surface area contributed by atoms with Crippen molar-refractivity contribution in [2.45, 2.75) is 13.8 Å². The summed E-state index contributed by atoms with van der Waals surface area (Å²) < 4.78 is 15.8. The maximum atomic E-state index is 12.1. The van der Waals surface area contributed by atoms with E-state index in [1.807, 2.05) is 6.07 Å². The monoisotopic (exact) mass is 314 g/mol. The van der Waals surface area contributed by atoms with Crippen LogP contribution in [0.15, 0.2) is 48.5 Å². The zero-order valence-electron chi connectivity index (χ0n) is 13.1. The summed E-state index contributed by atoms with van der Waals surface area (Å²) in [6.45, 7) is 3.89. The van der Waals surface area contributed by atoms with Crippen LogP contribution in [0.1, 0.15) is 34.6 Å². The highest BCUT2D eigenvalue weighted by Gasteiger charge is 2.22. The molecule has 0 atom stereocenters.